The van der Waals surface area contributed by atoms with Crippen LogP contribution in [0.3, 0.4) is 0 Å². The van der Waals surface area contributed by atoms with Gasteiger partial charge in [-0.3, -0.25) is 9.00 Å². The molecule has 1 N–H and O–H groups in total. The quantitative estimate of drug-likeness (QED) is 0.842. The number of benzene rings is 2. The van der Waals surface area contributed by atoms with E-state index in [2.05, 4.69) is 5.32 Å². The Morgan fingerprint density at radius 1 is 1.15 bits per heavy atom. The largest absolute Gasteiger partial charge is 0.369 e. The van der Waals surface area contributed by atoms with Crippen LogP contribution < -0.4 is 10.2 Å². The fourth-order valence-electron chi connectivity index (χ4n) is 3.07. The van der Waals surface area contributed by atoms with Crippen LogP contribution >= 0.6 is 0 Å². The van der Waals surface area contributed by atoms with Gasteiger partial charge >= 0.3 is 0 Å². The lowest BCUT2D eigenvalue weighted by Crippen LogP contribution is -2.24. The fourth-order valence-corrected chi connectivity index (χ4v) is 3.85. The van der Waals surface area contributed by atoms with E-state index in [1.165, 1.54) is 6.07 Å². The fraction of sp³-hybridized carbons (Fsp3) is 0.350. The number of nitrogens with one attached hydrogen (secondary N) is 1. The van der Waals surface area contributed by atoms with Crippen LogP contribution in [0.5, 0.6) is 0 Å². The summed E-state index contributed by atoms with van der Waals surface area (Å²) >= 11 is 0. The topological polar surface area (TPSA) is 49.4 Å². The molecular formula is C20H23FN2O2S. The van der Waals surface area contributed by atoms with Crippen LogP contribution in [-0.4, -0.2) is 29.0 Å². The molecular weight excluding hydrogens is 351 g/mol. The normalized spacial score (nSPS) is 15.1. The van der Waals surface area contributed by atoms with E-state index in [0.29, 0.717) is 23.5 Å². The predicted octanol–water partition coefficient (Wildman–Crippen LogP) is 3.48. The lowest BCUT2D eigenvalue weighted by molar-refractivity contribution is 0.0950. The molecule has 2 aromatic carbocycles. The molecule has 1 aliphatic heterocycles. The lowest BCUT2D eigenvalue weighted by atomic mass is 10.1. The monoisotopic (exact) mass is 374 g/mol. The highest BCUT2D eigenvalue weighted by Gasteiger charge is 2.17. The van der Waals surface area contributed by atoms with Crippen LogP contribution in [0.15, 0.2) is 47.4 Å². The van der Waals surface area contributed by atoms with E-state index in [1.54, 1.807) is 12.1 Å². The standard InChI is InChI=1S/C20H23FN2O2S/c1-2-26(25)17-8-5-15(6-9-17)14-22-20(24)16-7-10-19(18(21)13-16)23-11-3-4-12-23/h5-10,13H,2-4,11-12,14H2,1H3,(H,22,24). The average molecular weight is 374 g/mol. The first-order valence-electron chi connectivity index (χ1n) is 8.88. The summed E-state index contributed by atoms with van der Waals surface area (Å²) in [5.74, 6) is -0.0845. The first-order chi connectivity index (χ1) is 12.6. The highest BCUT2D eigenvalue weighted by atomic mass is 32.2. The van der Waals surface area contributed by atoms with Gasteiger partial charge in [0, 0.05) is 35.8 Å². The van der Waals surface area contributed by atoms with Gasteiger partial charge in [0.15, 0.2) is 0 Å². The third kappa shape index (κ3) is 4.30. The Labute approximate surface area is 155 Å². The van der Waals surface area contributed by atoms with Crippen molar-refractivity contribution < 1.29 is 13.4 Å². The van der Waals surface area contributed by atoms with Crippen molar-refractivity contribution in [2.24, 2.45) is 0 Å². The van der Waals surface area contributed by atoms with Crippen molar-refractivity contribution in [3.63, 3.8) is 0 Å². The molecule has 1 saturated heterocycles. The molecule has 2 aromatic rings. The predicted molar refractivity (Wildman–Crippen MR) is 102 cm³/mol. The number of amides is 1. The number of rotatable bonds is 6. The SMILES string of the molecule is CCS(=O)c1ccc(CNC(=O)c2ccc(N3CCCC3)c(F)c2)cc1. The van der Waals surface area contributed by atoms with Gasteiger partial charge in [0.2, 0.25) is 0 Å². The van der Waals surface area contributed by atoms with E-state index in [-0.39, 0.29) is 11.7 Å². The third-order valence-corrected chi connectivity index (χ3v) is 5.88. The number of anilines is 1. The molecule has 1 aliphatic rings. The van der Waals surface area contributed by atoms with Crippen LogP contribution in [0.1, 0.15) is 35.7 Å². The number of hydrogen-bond donors (Lipinski definition) is 1. The number of halogens is 1. The Morgan fingerprint density at radius 2 is 1.85 bits per heavy atom. The molecule has 0 aromatic heterocycles. The summed E-state index contributed by atoms with van der Waals surface area (Å²) in [5, 5.41) is 2.80. The highest BCUT2D eigenvalue weighted by molar-refractivity contribution is 7.85. The van der Waals surface area contributed by atoms with Gasteiger partial charge in [-0.25, -0.2) is 4.39 Å². The second-order valence-electron chi connectivity index (χ2n) is 6.32. The van der Waals surface area contributed by atoms with E-state index in [1.807, 2.05) is 36.1 Å². The molecule has 1 fully saturated rings. The average Bonchev–Trinajstić information content (AvgIpc) is 3.20. The number of carbonyl (C=O) groups is 1. The van der Waals surface area contributed by atoms with E-state index in [0.717, 1.165) is 36.4 Å². The van der Waals surface area contributed by atoms with Crippen molar-refractivity contribution in [3.8, 4) is 0 Å². The second-order valence-corrected chi connectivity index (χ2v) is 8.06. The van der Waals surface area contributed by atoms with Crippen molar-refractivity contribution in [3.05, 3.63) is 59.4 Å². The van der Waals surface area contributed by atoms with E-state index >= 15 is 0 Å². The van der Waals surface area contributed by atoms with Gasteiger partial charge in [-0.05, 0) is 48.7 Å². The van der Waals surface area contributed by atoms with E-state index in [9.17, 15) is 13.4 Å². The van der Waals surface area contributed by atoms with Crippen LogP contribution in [0, 0.1) is 5.82 Å². The van der Waals surface area contributed by atoms with Gasteiger partial charge in [-0.15, -0.1) is 0 Å². The summed E-state index contributed by atoms with van der Waals surface area (Å²) in [7, 11) is -0.980. The molecule has 0 radical (unpaired) electrons. The first-order valence-corrected chi connectivity index (χ1v) is 10.2. The third-order valence-electron chi connectivity index (χ3n) is 4.56. The molecule has 0 spiro atoms. The minimum Gasteiger partial charge on any atom is -0.369 e. The van der Waals surface area contributed by atoms with Crippen LogP contribution in [0.25, 0.3) is 0 Å². The smallest absolute Gasteiger partial charge is 0.251 e. The molecule has 138 valence electrons. The van der Waals surface area contributed by atoms with Crippen LogP contribution in [0.2, 0.25) is 0 Å². The maximum absolute atomic E-state index is 14.3. The summed E-state index contributed by atoms with van der Waals surface area (Å²) in [6, 6.07) is 12.0. The van der Waals surface area contributed by atoms with Crippen molar-refractivity contribution >= 4 is 22.4 Å². The molecule has 1 unspecified atom stereocenters. The summed E-state index contributed by atoms with van der Waals surface area (Å²) < 4.78 is 26.1. The zero-order valence-electron chi connectivity index (χ0n) is 14.8. The van der Waals surface area contributed by atoms with Gasteiger partial charge < -0.3 is 10.2 Å². The Bertz CT molecular complexity index is 802. The molecule has 0 saturated carbocycles. The summed E-state index contributed by atoms with van der Waals surface area (Å²) in [6.45, 7) is 3.94. The van der Waals surface area contributed by atoms with E-state index in [4.69, 9.17) is 0 Å². The molecule has 0 aliphatic carbocycles. The van der Waals surface area contributed by atoms with Gasteiger partial charge in [-0.1, -0.05) is 19.1 Å². The highest BCUT2D eigenvalue weighted by Crippen LogP contribution is 2.24. The Balaban J connectivity index is 1.61. The maximum Gasteiger partial charge on any atom is 0.251 e. The summed E-state index contributed by atoms with van der Waals surface area (Å²) in [6.07, 6.45) is 2.15. The van der Waals surface area contributed by atoms with Gasteiger partial charge in [0.1, 0.15) is 5.82 Å². The molecule has 1 atom stereocenters. The maximum atomic E-state index is 14.3. The van der Waals surface area contributed by atoms with Crippen molar-refractivity contribution in [2.75, 3.05) is 23.7 Å². The molecule has 26 heavy (non-hydrogen) atoms. The second kappa shape index (κ2) is 8.45. The summed E-state index contributed by atoms with van der Waals surface area (Å²) in [4.78, 5) is 15.1. The van der Waals surface area contributed by atoms with Gasteiger partial charge in [-0.2, -0.15) is 0 Å². The van der Waals surface area contributed by atoms with Crippen molar-refractivity contribution in [2.45, 2.75) is 31.2 Å². The summed E-state index contributed by atoms with van der Waals surface area (Å²) in [5.41, 5.74) is 1.79. The number of carbonyl (C=O) groups excluding carboxylic acids is 1. The van der Waals surface area contributed by atoms with Gasteiger partial charge in [0.25, 0.3) is 5.91 Å². The van der Waals surface area contributed by atoms with Crippen LogP contribution in [-0.2, 0) is 17.3 Å². The Kier molecular flexibility index (Phi) is 6.04. The number of hydrogen-bond acceptors (Lipinski definition) is 3. The zero-order chi connectivity index (χ0) is 18.5. The molecule has 1 amide bonds. The zero-order valence-corrected chi connectivity index (χ0v) is 15.7. The molecule has 1 heterocycles. The molecule has 6 heteroatoms. The minimum atomic E-state index is -0.980. The van der Waals surface area contributed by atoms with Crippen molar-refractivity contribution in [1.82, 2.24) is 5.32 Å². The molecule has 0 bridgehead atoms. The van der Waals surface area contributed by atoms with Gasteiger partial charge in [0.05, 0.1) is 16.5 Å². The first kappa shape index (κ1) is 18.6. The van der Waals surface area contributed by atoms with Crippen molar-refractivity contribution in [1.29, 1.82) is 0 Å². The molecule has 3 rings (SSSR count). The minimum absolute atomic E-state index is 0.307. The number of nitrogens with zero attached hydrogens (tertiary/aromatic N) is 1. The Hall–Kier alpha value is -2.21. The van der Waals surface area contributed by atoms with E-state index < -0.39 is 10.8 Å². The lowest BCUT2D eigenvalue weighted by Gasteiger charge is -2.18. The Morgan fingerprint density at radius 3 is 2.46 bits per heavy atom. The van der Waals surface area contributed by atoms with Crippen LogP contribution in [0.4, 0.5) is 10.1 Å². The molecule has 4 nitrogen and oxygen atoms in total.